The number of pyridine rings is 1. The maximum absolute atomic E-state index is 12.0. The van der Waals surface area contributed by atoms with Gasteiger partial charge in [0.2, 0.25) is 10.0 Å². The number of nitrogens with one attached hydrogen (secondary N) is 3. The lowest BCUT2D eigenvalue weighted by molar-refractivity contribution is 0.585. The van der Waals surface area contributed by atoms with Gasteiger partial charge >= 0.3 is 0 Å². The highest BCUT2D eigenvalue weighted by Gasteiger charge is 2.13. The van der Waals surface area contributed by atoms with Crippen molar-refractivity contribution in [2.24, 2.45) is 0 Å². The van der Waals surface area contributed by atoms with E-state index in [1.807, 2.05) is 18.2 Å². The van der Waals surface area contributed by atoms with Gasteiger partial charge in [0.1, 0.15) is 28.0 Å². The van der Waals surface area contributed by atoms with Crippen LogP contribution >= 0.6 is 11.3 Å². The summed E-state index contributed by atoms with van der Waals surface area (Å²) >= 11 is 1.18. The average Bonchev–Trinajstić information content (AvgIpc) is 3.16. The first-order valence-electron chi connectivity index (χ1n) is 7.41. The Morgan fingerprint density at radius 3 is 2.60 bits per heavy atom. The summed E-state index contributed by atoms with van der Waals surface area (Å²) in [6.07, 6.45) is 3.10. The standard InChI is InChI=1S/C15H16N6O2S2/c22-25(23,15-5-3-9-24-15)20-8-7-17-13-10-14(19-11-18-13)21-12-4-1-2-6-16-12/h1-6,9-11,20H,7-8H2,(H2,16,17,18,19,21). The monoisotopic (exact) mass is 376 g/mol. The minimum Gasteiger partial charge on any atom is -0.369 e. The summed E-state index contributed by atoms with van der Waals surface area (Å²) in [5.74, 6) is 1.86. The number of hydrogen-bond donors (Lipinski definition) is 3. The third-order valence-electron chi connectivity index (χ3n) is 3.07. The highest BCUT2D eigenvalue weighted by atomic mass is 32.2. The molecule has 3 aromatic rings. The molecular weight excluding hydrogens is 360 g/mol. The number of hydrogen-bond acceptors (Lipinski definition) is 8. The van der Waals surface area contributed by atoms with Gasteiger partial charge in [-0.1, -0.05) is 12.1 Å². The third-order valence-corrected chi connectivity index (χ3v) is 5.93. The highest BCUT2D eigenvalue weighted by Crippen LogP contribution is 2.15. The third kappa shape index (κ3) is 4.95. The summed E-state index contributed by atoms with van der Waals surface area (Å²) in [5.41, 5.74) is 0. The van der Waals surface area contributed by atoms with E-state index in [9.17, 15) is 8.42 Å². The molecule has 0 spiro atoms. The lowest BCUT2D eigenvalue weighted by Gasteiger charge is -2.09. The Balaban J connectivity index is 1.51. The van der Waals surface area contributed by atoms with Crippen LogP contribution in [-0.4, -0.2) is 36.5 Å². The van der Waals surface area contributed by atoms with Crippen LogP contribution in [-0.2, 0) is 10.0 Å². The number of sulfonamides is 1. The van der Waals surface area contributed by atoms with Crippen LogP contribution in [0.25, 0.3) is 0 Å². The molecule has 8 nitrogen and oxygen atoms in total. The van der Waals surface area contributed by atoms with Crippen molar-refractivity contribution in [1.29, 1.82) is 0 Å². The fraction of sp³-hybridized carbons (Fsp3) is 0.133. The van der Waals surface area contributed by atoms with Gasteiger partial charge in [-0.25, -0.2) is 28.1 Å². The van der Waals surface area contributed by atoms with Crippen molar-refractivity contribution in [3.05, 3.63) is 54.3 Å². The Kier molecular flexibility index (Phi) is 5.53. The van der Waals surface area contributed by atoms with E-state index in [2.05, 4.69) is 30.3 Å². The minimum atomic E-state index is -3.45. The maximum atomic E-state index is 12.0. The molecule has 0 aliphatic heterocycles. The quantitative estimate of drug-likeness (QED) is 0.516. The molecule has 0 fully saturated rings. The zero-order valence-electron chi connectivity index (χ0n) is 13.1. The van der Waals surface area contributed by atoms with E-state index in [1.54, 1.807) is 29.8 Å². The molecule has 10 heteroatoms. The number of thiophene rings is 1. The van der Waals surface area contributed by atoms with Crippen LogP contribution in [0.3, 0.4) is 0 Å². The van der Waals surface area contributed by atoms with E-state index in [0.29, 0.717) is 28.2 Å². The second kappa shape index (κ2) is 8.01. The molecule has 0 amide bonds. The topological polar surface area (TPSA) is 109 Å². The average molecular weight is 376 g/mol. The van der Waals surface area contributed by atoms with Gasteiger partial charge in [-0.15, -0.1) is 11.3 Å². The summed E-state index contributed by atoms with van der Waals surface area (Å²) in [6.45, 7) is 0.637. The summed E-state index contributed by atoms with van der Waals surface area (Å²) < 4.78 is 26.8. The van der Waals surface area contributed by atoms with Crippen LogP contribution in [0.2, 0.25) is 0 Å². The number of rotatable bonds is 8. The smallest absolute Gasteiger partial charge is 0.250 e. The molecule has 0 saturated carbocycles. The summed E-state index contributed by atoms with van der Waals surface area (Å²) in [4.78, 5) is 12.4. The van der Waals surface area contributed by atoms with Gasteiger partial charge in [-0.2, -0.15) is 0 Å². The van der Waals surface area contributed by atoms with Crippen molar-refractivity contribution in [3.8, 4) is 0 Å². The lowest BCUT2D eigenvalue weighted by Crippen LogP contribution is -2.28. The largest absolute Gasteiger partial charge is 0.369 e. The minimum absolute atomic E-state index is 0.243. The summed E-state index contributed by atoms with van der Waals surface area (Å²) in [7, 11) is -3.45. The summed E-state index contributed by atoms with van der Waals surface area (Å²) in [6, 6.07) is 10.5. The molecule has 0 saturated heterocycles. The van der Waals surface area contributed by atoms with Crippen LogP contribution in [0.15, 0.2) is 58.5 Å². The van der Waals surface area contributed by atoms with Gasteiger partial charge in [-0.05, 0) is 23.6 Å². The van der Waals surface area contributed by atoms with Gasteiger partial charge in [-0.3, -0.25) is 0 Å². The Bertz CT molecular complexity index is 901. The molecule has 0 atom stereocenters. The molecule has 25 heavy (non-hydrogen) atoms. The van der Waals surface area contributed by atoms with Crippen LogP contribution in [0.5, 0.6) is 0 Å². The molecule has 3 aromatic heterocycles. The van der Waals surface area contributed by atoms with Crippen LogP contribution in [0, 0.1) is 0 Å². The fourth-order valence-corrected chi connectivity index (χ4v) is 4.02. The Morgan fingerprint density at radius 2 is 1.84 bits per heavy atom. The lowest BCUT2D eigenvalue weighted by atomic mass is 10.4. The van der Waals surface area contributed by atoms with Crippen molar-refractivity contribution in [1.82, 2.24) is 19.7 Å². The van der Waals surface area contributed by atoms with E-state index < -0.39 is 10.0 Å². The van der Waals surface area contributed by atoms with Gasteiger partial charge in [0.05, 0.1) is 0 Å². The van der Waals surface area contributed by atoms with Gasteiger partial charge in [0.25, 0.3) is 0 Å². The van der Waals surface area contributed by atoms with E-state index in [1.165, 1.54) is 17.7 Å². The molecule has 0 aromatic carbocycles. The predicted octanol–water partition coefficient (Wildman–Crippen LogP) is 2.07. The maximum Gasteiger partial charge on any atom is 0.250 e. The number of anilines is 3. The molecule has 0 bridgehead atoms. The molecular formula is C15H16N6O2S2. The number of aromatic nitrogens is 3. The molecule has 3 N–H and O–H groups in total. The van der Waals surface area contributed by atoms with Crippen LogP contribution < -0.4 is 15.4 Å². The van der Waals surface area contributed by atoms with Gasteiger partial charge in [0, 0.05) is 25.4 Å². The van der Waals surface area contributed by atoms with E-state index in [-0.39, 0.29) is 6.54 Å². The first kappa shape index (κ1) is 17.3. The first-order valence-corrected chi connectivity index (χ1v) is 9.77. The zero-order chi connectivity index (χ0) is 17.5. The zero-order valence-corrected chi connectivity index (χ0v) is 14.7. The first-order chi connectivity index (χ1) is 12.1. The predicted molar refractivity (Wildman–Crippen MR) is 97.5 cm³/mol. The van der Waals surface area contributed by atoms with Crippen LogP contribution in [0.1, 0.15) is 0 Å². The highest BCUT2D eigenvalue weighted by molar-refractivity contribution is 7.91. The Morgan fingerprint density at radius 1 is 0.960 bits per heavy atom. The molecule has 130 valence electrons. The van der Waals surface area contributed by atoms with E-state index in [0.717, 1.165) is 0 Å². The van der Waals surface area contributed by atoms with Crippen molar-refractivity contribution >= 4 is 38.8 Å². The normalized spacial score (nSPS) is 11.2. The molecule has 3 heterocycles. The second-order valence-corrected chi connectivity index (χ2v) is 7.83. The molecule has 0 aliphatic rings. The summed E-state index contributed by atoms with van der Waals surface area (Å²) in [5, 5.41) is 7.84. The Hall–Kier alpha value is -2.56. The molecule has 0 radical (unpaired) electrons. The Labute approximate surface area is 149 Å². The van der Waals surface area contributed by atoms with Crippen molar-refractivity contribution in [2.75, 3.05) is 23.7 Å². The van der Waals surface area contributed by atoms with Crippen molar-refractivity contribution in [2.45, 2.75) is 4.21 Å². The fourth-order valence-electron chi connectivity index (χ4n) is 1.95. The van der Waals surface area contributed by atoms with Crippen LogP contribution in [0.4, 0.5) is 17.5 Å². The SMILES string of the molecule is O=S(=O)(NCCNc1cc(Nc2ccccn2)ncn1)c1cccs1. The van der Waals surface area contributed by atoms with Gasteiger partial charge in [0.15, 0.2) is 0 Å². The molecule has 3 rings (SSSR count). The van der Waals surface area contributed by atoms with Gasteiger partial charge < -0.3 is 10.6 Å². The number of nitrogens with zero attached hydrogens (tertiary/aromatic N) is 3. The van der Waals surface area contributed by atoms with E-state index in [4.69, 9.17) is 0 Å². The van der Waals surface area contributed by atoms with Crippen molar-refractivity contribution in [3.63, 3.8) is 0 Å². The molecule has 0 aliphatic carbocycles. The van der Waals surface area contributed by atoms with Crippen molar-refractivity contribution < 1.29 is 8.42 Å². The second-order valence-electron chi connectivity index (χ2n) is 4.89. The molecule has 0 unspecified atom stereocenters. The van der Waals surface area contributed by atoms with E-state index >= 15 is 0 Å².